The van der Waals surface area contributed by atoms with Crippen LogP contribution < -0.4 is 10.1 Å². The van der Waals surface area contributed by atoms with E-state index in [4.69, 9.17) is 9.84 Å². The number of aliphatic carboxylic acids is 1. The largest absolute Gasteiger partial charge is 0.497 e. The second-order valence-electron chi connectivity index (χ2n) is 4.74. The highest BCUT2D eigenvalue weighted by Gasteiger charge is 2.16. The average Bonchev–Trinajstić information content (AvgIpc) is 2.94. The summed E-state index contributed by atoms with van der Waals surface area (Å²) in [6.07, 6.45) is 1.40. The molecule has 1 aromatic heterocycles. The lowest BCUT2D eigenvalue weighted by Gasteiger charge is -2.15. The zero-order chi connectivity index (χ0) is 16.1. The van der Waals surface area contributed by atoms with Crippen molar-refractivity contribution in [1.29, 1.82) is 0 Å². The van der Waals surface area contributed by atoms with E-state index in [0.29, 0.717) is 0 Å². The minimum absolute atomic E-state index is 0.211. The molecule has 0 aliphatic heterocycles. The van der Waals surface area contributed by atoms with Crippen molar-refractivity contribution in [3.63, 3.8) is 0 Å². The van der Waals surface area contributed by atoms with Crippen molar-refractivity contribution < 1.29 is 19.4 Å². The molecule has 0 radical (unpaired) electrons. The summed E-state index contributed by atoms with van der Waals surface area (Å²) in [7, 11) is 1.59. The summed E-state index contributed by atoms with van der Waals surface area (Å²) in [4.78, 5) is 23.0. The van der Waals surface area contributed by atoms with Crippen molar-refractivity contribution >= 4 is 11.9 Å². The number of methoxy groups -OCH3 is 1. The molecule has 0 bridgehead atoms. The van der Waals surface area contributed by atoms with Gasteiger partial charge in [-0.3, -0.25) is 9.59 Å². The maximum Gasteiger partial charge on any atom is 0.325 e. The quantitative estimate of drug-likeness (QED) is 0.843. The molecule has 0 saturated carbocycles. The third-order valence-electron chi connectivity index (χ3n) is 3.20. The Morgan fingerprint density at radius 3 is 2.59 bits per heavy atom. The first-order valence-electron chi connectivity index (χ1n) is 6.69. The van der Waals surface area contributed by atoms with Crippen molar-refractivity contribution in [2.45, 2.75) is 19.5 Å². The Hall–Kier alpha value is -2.83. The van der Waals surface area contributed by atoms with Crippen LogP contribution in [0.1, 0.15) is 29.0 Å². The molecule has 2 N–H and O–H groups in total. The summed E-state index contributed by atoms with van der Waals surface area (Å²) in [5.74, 6) is -0.690. The van der Waals surface area contributed by atoms with Crippen molar-refractivity contribution in [3.05, 3.63) is 47.8 Å². The van der Waals surface area contributed by atoms with Crippen LogP contribution in [0.5, 0.6) is 5.75 Å². The van der Waals surface area contributed by atoms with Crippen LogP contribution in [0.2, 0.25) is 0 Å². The molecule has 2 aromatic rings. The molecule has 0 aliphatic carbocycles. The van der Waals surface area contributed by atoms with Gasteiger partial charge in [0.2, 0.25) is 0 Å². The molecule has 1 heterocycles. The van der Waals surface area contributed by atoms with Gasteiger partial charge in [-0.1, -0.05) is 12.1 Å². The number of carboxylic acids is 1. The molecule has 1 unspecified atom stereocenters. The van der Waals surface area contributed by atoms with Gasteiger partial charge in [0.1, 0.15) is 18.0 Å². The number of nitrogens with one attached hydrogen (secondary N) is 1. The highest BCUT2D eigenvalue weighted by Crippen LogP contribution is 2.17. The predicted octanol–water partition coefficient (Wildman–Crippen LogP) is 1.47. The Bertz CT molecular complexity index is 664. The van der Waals surface area contributed by atoms with E-state index in [1.165, 1.54) is 12.3 Å². The minimum atomic E-state index is -1.05. The maximum atomic E-state index is 12.2. The number of carbonyl (C=O) groups is 2. The first-order valence-corrected chi connectivity index (χ1v) is 6.69. The van der Waals surface area contributed by atoms with E-state index < -0.39 is 5.97 Å². The molecule has 2 rings (SSSR count). The van der Waals surface area contributed by atoms with Crippen molar-refractivity contribution in [2.75, 3.05) is 7.11 Å². The fraction of sp³-hybridized carbons (Fsp3) is 0.267. The zero-order valence-electron chi connectivity index (χ0n) is 12.3. The second-order valence-corrected chi connectivity index (χ2v) is 4.74. The first-order chi connectivity index (χ1) is 10.5. The third-order valence-corrected chi connectivity index (χ3v) is 3.20. The SMILES string of the molecule is COc1ccc(C(C)NC(=O)c2ccnn2CC(=O)O)cc1. The lowest BCUT2D eigenvalue weighted by atomic mass is 10.1. The van der Waals surface area contributed by atoms with E-state index in [1.807, 2.05) is 31.2 Å². The Kier molecular flexibility index (Phi) is 4.77. The number of rotatable bonds is 6. The number of ether oxygens (including phenoxy) is 1. The Labute approximate surface area is 127 Å². The molecule has 1 amide bonds. The normalized spacial score (nSPS) is 11.7. The number of benzene rings is 1. The van der Waals surface area contributed by atoms with E-state index in [-0.39, 0.29) is 24.2 Å². The number of carboxylic acid groups (broad SMARTS) is 1. The monoisotopic (exact) mass is 303 g/mol. The van der Waals surface area contributed by atoms with Crippen LogP contribution in [0.25, 0.3) is 0 Å². The molecule has 7 nitrogen and oxygen atoms in total. The molecule has 1 atom stereocenters. The number of hydrogen-bond acceptors (Lipinski definition) is 4. The minimum Gasteiger partial charge on any atom is -0.497 e. The topological polar surface area (TPSA) is 93.5 Å². The molecule has 1 aromatic carbocycles. The van der Waals surface area contributed by atoms with Crippen LogP contribution in [-0.2, 0) is 11.3 Å². The maximum absolute atomic E-state index is 12.2. The number of nitrogens with zero attached hydrogens (tertiary/aromatic N) is 2. The summed E-state index contributed by atoms with van der Waals surface area (Å²) in [6.45, 7) is 1.49. The van der Waals surface area contributed by atoms with Crippen LogP contribution >= 0.6 is 0 Å². The lowest BCUT2D eigenvalue weighted by Crippen LogP contribution is -2.29. The van der Waals surface area contributed by atoms with E-state index in [9.17, 15) is 9.59 Å². The van der Waals surface area contributed by atoms with Crippen molar-refractivity contribution in [1.82, 2.24) is 15.1 Å². The summed E-state index contributed by atoms with van der Waals surface area (Å²) in [5.41, 5.74) is 1.13. The molecule has 116 valence electrons. The molecule has 7 heteroatoms. The molecule has 22 heavy (non-hydrogen) atoms. The van der Waals surface area contributed by atoms with E-state index in [0.717, 1.165) is 16.0 Å². The van der Waals surface area contributed by atoms with Crippen LogP contribution in [0.3, 0.4) is 0 Å². The van der Waals surface area contributed by atoms with Crippen molar-refractivity contribution in [2.24, 2.45) is 0 Å². The van der Waals surface area contributed by atoms with Gasteiger partial charge in [-0.25, -0.2) is 4.68 Å². The highest BCUT2D eigenvalue weighted by molar-refractivity contribution is 5.93. The Balaban J connectivity index is 2.07. The fourth-order valence-electron chi connectivity index (χ4n) is 2.03. The molecular weight excluding hydrogens is 286 g/mol. The molecule has 0 aliphatic rings. The summed E-state index contributed by atoms with van der Waals surface area (Å²) in [6, 6.07) is 8.60. The number of carbonyl (C=O) groups excluding carboxylic acids is 1. The summed E-state index contributed by atoms with van der Waals surface area (Å²) >= 11 is 0. The van der Waals surface area contributed by atoms with Crippen LogP contribution in [0.15, 0.2) is 36.5 Å². The second kappa shape index (κ2) is 6.75. The van der Waals surface area contributed by atoms with E-state index in [2.05, 4.69) is 10.4 Å². The van der Waals surface area contributed by atoms with Crippen LogP contribution in [-0.4, -0.2) is 33.9 Å². The first kappa shape index (κ1) is 15.6. The zero-order valence-corrected chi connectivity index (χ0v) is 12.3. The van der Waals surface area contributed by atoms with Gasteiger partial charge in [0.15, 0.2) is 0 Å². The number of hydrogen-bond donors (Lipinski definition) is 2. The molecule has 0 saturated heterocycles. The number of amides is 1. The number of aromatic nitrogens is 2. The van der Waals surface area contributed by atoms with E-state index in [1.54, 1.807) is 7.11 Å². The van der Waals surface area contributed by atoms with Gasteiger partial charge in [-0.15, -0.1) is 0 Å². The standard InChI is InChI=1S/C15H17N3O4/c1-10(11-3-5-12(22-2)6-4-11)17-15(21)13-7-8-16-18(13)9-14(19)20/h3-8,10H,9H2,1-2H3,(H,17,21)(H,19,20). The predicted molar refractivity (Wildman–Crippen MR) is 78.7 cm³/mol. The molecule has 0 spiro atoms. The van der Waals surface area contributed by atoms with Gasteiger partial charge in [0, 0.05) is 6.20 Å². The fourth-order valence-corrected chi connectivity index (χ4v) is 2.03. The Morgan fingerprint density at radius 1 is 1.32 bits per heavy atom. The Morgan fingerprint density at radius 2 is 2.00 bits per heavy atom. The van der Waals surface area contributed by atoms with Gasteiger partial charge >= 0.3 is 5.97 Å². The van der Waals surface area contributed by atoms with Gasteiger partial charge in [-0.05, 0) is 30.7 Å². The summed E-state index contributed by atoms with van der Waals surface area (Å²) < 4.78 is 6.24. The lowest BCUT2D eigenvalue weighted by molar-refractivity contribution is -0.137. The summed E-state index contributed by atoms with van der Waals surface area (Å²) in [5, 5.41) is 15.5. The average molecular weight is 303 g/mol. The third kappa shape index (κ3) is 3.63. The van der Waals surface area contributed by atoms with E-state index >= 15 is 0 Å². The van der Waals surface area contributed by atoms with Crippen molar-refractivity contribution in [3.8, 4) is 5.75 Å². The van der Waals surface area contributed by atoms with Gasteiger partial charge in [-0.2, -0.15) is 5.10 Å². The van der Waals surface area contributed by atoms with Crippen LogP contribution in [0, 0.1) is 0 Å². The molecular formula is C15H17N3O4. The van der Waals surface area contributed by atoms with Gasteiger partial charge in [0.05, 0.1) is 13.2 Å². The van der Waals surface area contributed by atoms with Crippen LogP contribution in [0.4, 0.5) is 0 Å². The molecule has 0 fully saturated rings. The highest BCUT2D eigenvalue weighted by atomic mass is 16.5. The van der Waals surface area contributed by atoms with Gasteiger partial charge < -0.3 is 15.2 Å². The van der Waals surface area contributed by atoms with Gasteiger partial charge in [0.25, 0.3) is 5.91 Å². The smallest absolute Gasteiger partial charge is 0.325 e.